The lowest BCUT2D eigenvalue weighted by Gasteiger charge is -2.25. The van der Waals surface area contributed by atoms with E-state index in [1.807, 2.05) is 13.8 Å². The van der Waals surface area contributed by atoms with Crippen molar-refractivity contribution >= 4 is 17.4 Å². The quantitative estimate of drug-likeness (QED) is 0.280. The summed E-state index contributed by atoms with van der Waals surface area (Å²) in [5.74, 6) is -0.756. The number of phenols is 1. The lowest BCUT2D eigenvalue weighted by Crippen LogP contribution is -2.31. The number of carbonyl (C=O) groups excluding carboxylic acids is 2. The molecule has 1 amide bonds. The largest absolute Gasteiger partial charge is 0.508 e. The van der Waals surface area contributed by atoms with Crippen molar-refractivity contribution in [2.45, 2.75) is 32.2 Å². The molecule has 0 saturated carbocycles. The van der Waals surface area contributed by atoms with E-state index in [4.69, 9.17) is 9.47 Å². The number of amides is 1. The first-order valence-corrected chi connectivity index (χ1v) is 10.5. The fourth-order valence-electron chi connectivity index (χ4n) is 3.98. The molecule has 2 aromatic rings. The molecule has 170 valence electrons. The van der Waals surface area contributed by atoms with Gasteiger partial charge in [-0.1, -0.05) is 26.0 Å². The highest BCUT2D eigenvalue weighted by molar-refractivity contribution is 6.46. The number of rotatable bonds is 8. The summed E-state index contributed by atoms with van der Waals surface area (Å²) >= 11 is 0. The van der Waals surface area contributed by atoms with E-state index in [1.54, 1.807) is 44.6 Å². The van der Waals surface area contributed by atoms with Gasteiger partial charge in [0.25, 0.3) is 11.7 Å². The molecule has 0 aliphatic carbocycles. The summed E-state index contributed by atoms with van der Waals surface area (Å²) in [5, 5.41) is 20.9. The summed E-state index contributed by atoms with van der Waals surface area (Å²) in [6, 6.07) is 10.7. The zero-order chi connectivity index (χ0) is 23.4. The Morgan fingerprint density at radius 3 is 2.38 bits per heavy atom. The predicted molar refractivity (Wildman–Crippen MR) is 121 cm³/mol. The molecule has 7 heteroatoms. The molecule has 7 nitrogen and oxygen atoms in total. The van der Waals surface area contributed by atoms with Gasteiger partial charge in [0.1, 0.15) is 17.3 Å². The number of benzene rings is 2. The van der Waals surface area contributed by atoms with Crippen LogP contribution in [-0.4, -0.2) is 54.2 Å². The maximum Gasteiger partial charge on any atom is 0.295 e. The van der Waals surface area contributed by atoms with Gasteiger partial charge in [0.2, 0.25) is 0 Å². The van der Waals surface area contributed by atoms with Crippen LogP contribution in [0.1, 0.15) is 48.9 Å². The average Bonchev–Trinajstić information content (AvgIpc) is 3.03. The van der Waals surface area contributed by atoms with Gasteiger partial charge >= 0.3 is 0 Å². The standard InChI is InChI=1S/C25H29NO6/c1-15(2)19-14-17(8-11-20(19)32-4)23(28)21-22(16-6-9-18(27)10-7-16)26(12-5-13-31-3)25(30)24(21)29/h6-11,14-15,22,27-28H,5,12-13H2,1-4H3/b23-21-. The molecular formula is C25H29NO6. The molecule has 1 heterocycles. The van der Waals surface area contributed by atoms with Crippen LogP contribution < -0.4 is 4.74 Å². The number of aromatic hydroxyl groups is 1. The van der Waals surface area contributed by atoms with Gasteiger partial charge in [-0.2, -0.15) is 0 Å². The van der Waals surface area contributed by atoms with Crippen LogP contribution in [0.2, 0.25) is 0 Å². The third kappa shape index (κ3) is 4.48. The van der Waals surface area contributed by atoms with Crippen molar-refractivity contribution in [1.29, 1.82) is 0 Å². The number of hydrogen-bond acceptors (Lipinski definition) is 6. The summed E-state index contributed by atoms with van der Waals surface area (Å²) in [4.78, 5) is 27.4. The van der Waals surface area contributed by atoms with Gasteiger partial charge in [-0.15, -0.1) is 0 Å². The first-order chi connectivity index (χ1) is 15.3. The first-order valence-electron chi connectivity index (χ1n) is 10.5. The SMILES string of the molecule is COCCCN1C(=O)C(=O)/C(=C(\O)c2ccc(OC)c(C(C)C)c2)C1c1ccc(O)cc1. The number of methoxy groups -OCH3 is 2. The van der Waals surface area contributed by atoms with Crippen molar-refractivity contribution in [2.24, 2.45) is 0 Å². The molecule has 1 atom stereocenters. The molecular weight excluding hydrogens is 410 g/mol. The van der Waals surface area contributed by atoms with Crippen molar-refractivity contribution < 1.29 is 29.3 Å². The number of likely N-dealkylation sites (tertiary alicyclic amines) is 1. The summed E-state index contributed by atoms with van der Waals surface area (Å²) in [5.41, 5.74) is 1.97. The van der Waals surface area contributed by atoms with Gasteiger partial charge in [-0.05, 0) is 53.8 Å². The maximum absolute atomic E-state index is 13.0. The fraction of sp³-hybridized carbons (Fsp3) is 0.360. The molecule has 0 spiro atoms. The topological polar surface area (TPSA) is 96.3 Å². The van der Waals surface area contributed by atoms with Crippen LogP contribution in [0.3, 0.4) is 0 Å². The summed E-state index contributed by atoms with van der Waals surface area (Å²) in [6.07, 6.45) is 0.540. The monoisotopic (exact) mass is 439 g/mol. The highest BCUT2D eigenvalue weighted by atomic mass is 16.5. The second-order valence-electron chi connectivity index (χ2n) is 8.04. The van der Waals surface area contributed by atoms with Crippen molar-refractivity contribution in [3.63, 3.8) is 0 Å². The third-order valence-electron chi connectivity index (χ3n) is 5.62. The minimum atomic E-state index is -0.767. The zero-order valence-electron chi connectivity index (χ0n) is 18.8. The third-order valence-corrected chi connectivity index (χ3v) is 5.62. The maximum atomic E-state index is 13.0. The summed E-state index contributed by atoms with van der Waals surface area (Å²) < 4.78 is 10.5. The number of Topliss-reactive ketones (excluding diaryl/α,β-unsaturated/α-hetero) is 1. The molecule has 0 radical (unpaired) electrons. The number of aliphatic hydroxyl groups is 1. The minimum absolute atomic E-state index is 0.0259. The van der Waals surface area contributed by atoms with Gasteiger partial charge in [0.15, 0.2) is 0 Å². The summed E-state index contributed by atoms with van der Waals surface area (Å²) in [6.45, 7) is 4.74. The molecule has 1 aliphatic rings. The molecule has 2 N–H and O–H groups in total. The Morgan fingerprint density at radius 2 is 1.78 bits per heavy atom. The number of ketones is 1. The predicted octanol–water partition coefficient (Wildman–Crippen LogP) is 3.98. The molecule has 32 heavy (non-hydrogen) atoms. The van der Waals surface area contributed by atoms with E-state index in [2.05, 4.69) is 0 Å². The number of carbonyl (C=O) groups is 2. The number of nitrogens with zero attached hydrogens (tertiary/aromatic N) is 1. The second kappa shape index (κ2) is 9.87. The molecule has 1 unspecified atom stereocenters. The van der Waals surface area contributed by atoms with Crippen molar-refractivity contribution in [3.05, 3.63) is 64.7 Å². The molecule has 1 fully saturated rings. The first kappa shape index (κ1) is 23.3. The molecule has 1 aliphatic heterocycles. The second-order valence-corrected chi connectivity index (χ2v) is 8.04. The van der Waals surface area contributed by atoms with Crippen molar-refractivity contribution in [3.8, 4) is 11.5 Å². The van der Waals surface area contributed by atoms with Gasteiger partial charge in [-0.25, -0.2) is 0 Å². The smallest absolute Gasteiger partial charge is 0.295 e. The Hall–Kier alpha value is -3.32. The van der Waals surface area contributed by atoms with Crippen LogP contribution in [-0.2, 0) is 14.3 Å². The lowest BCUT2D eigenvalue weighted by molar-refractivity contribution is -0.140. The van der Waals surface area contributed by atoms with E-state index in [1.165, 1.54) is 17.0 Å². The number of aliphatic hydroxyl groups excluding tert-OH is 1. The van der Waals surface area contributed by atoms with Crippen LogP contribution in [0.4, 0.5) is 0 Å². The van der Waals surface area contributed by atoms with Crippen molar-refractivity contribution in [1.82, 2.24) is 4.90 Å². The van der Waals surface area contributed by atoms with Crippen LogP contribution in [0.15, 0.2) is 48.0 Å². The Morgan fingerprint density at radius 1 is 1.09 bits per heavy atom. The minimum Gasteiger partial charge on any atom is -0.508 e. The molecule has 1 saturated heterocycles. The Labute approximate surface area is 187 Å². The van der Waals surface area contributed by atoms with Crippen LogP contribution in [0.25, 0.3) is 5.76 Å². The highest BCUT2D eigenvalue weighted by Gasteiger charge is 2.45. The van der Waals surface area contributed by atoms with Gasteiger partial charge in [0.05, 0.1) is 18.7 Å². The zero-order valence-corrected chi connectivity index (χ0v) is 18.8. The van der Waals surface area contributed by atoms with Gasteiger partial charge in [-0.3, -0.25) is 9.59 Å². The fourth-order valence-corrected chi connectivity index (χ4v) is 3.98. The number of hydrogen-bond donors (Lipinski definition) is 2. The summed E-state index contributed by atoms with van der Waals surface area (Å²) in [7, 11) is 3.15. The van der Waals surface area contributed by atoms with E-state index >= 15 is 0 Å². The highest BCUT2D eigenvalue weighted by Crippen LogP contribution is 2.40. The Bertz CT molecular complexity index is 1030. The van der Waals surface area contributed by atoms with E-state index in [0.717, 1.165) is 5.56 Å². The number of phenolic OH excluding ortho intramolecular Hbond substituents is 1. The normalized spacial score (nSPS) is 17.9. The van der Waals surface area contributed by atoms with E-state index < -0.39 is 17.7 Å². The van der Waals surface area contributed by atoms with E-state index in [-0.39, 0.29) is 23.0 Å². The van der Waals surface area contributed by atoms with Crippen LogP contribution in [0, 0.1) is 0 Å². The molecule has 3 rings (SSSR count). The van der Waals surface area contributed by atoms with Gasteiger partial charge < -0.3 is 24.6 Å². The molecule has 2 aromatic carbocycles. The van der Waals surface area contributed by atoms with Crippen LogP contribution >= 0.6 is 0 Å². The molecule has 0 aromatic heterocycles. The van der Waals surface area contributed by atoms with Crippen LogP contribution in [0.5, 0.6) is 11.5 Å². The number of ether oxygens (including phenoxy) is 2. The average molecular weight is 440 g/mol. The molecule has 0 bridgehead atoms. The van der Waals surface area contributed by atoms with E-state index in [9.17, 15) is 19.8 Å². The van der Waals surface area contributed by atoms with E-state index in [0.29, 0.717) is 36.4 Å². The van der Waals surface area contributed by atoms with Crippen molar-refractivity contribution in [2.75, 3.05) is 27.4 Å². The Balaban J connectivity index is 2.15. The van der Waals surface area contributed by atoms with Gasteiger partial charge in [0, 0.05) is 25.8 Å². The Kier molecular flexibility index (Phi) is 7.20. The lowest BCUT2D eigenvalue weighted by atomic mass is 9.93.